The van der Waals surface area contributed by atoms with Gasteiger partial charge in [-0.15, -0.1) is 0 Å². The average molecular weight is 495 g/mol. The van der Waals surface area contributed by atoms with Crippen LogP contribution >= 0.6 is 0 Å². The quantitative estimate of drug-likeness (QED) is 0.182. The van der Waals surface area contributed by atoms with Crippen molar-refractivity contribution in [1.29, 1.82) is 0 Å². The van der Waals surface area contributed by atoms with Gasteiger partial charge >= 0.3 is 12.2 Å². The largest absolute Gasteiger partial charge is 0.442 e. The van der Waals surface area contributed by atoms with Crippen LogP contribution in [0.2, 0.25) is 0 Å². The molecular formula is C20H38N4O10. The first-order valence-electron chi connectivity index (χ1n) is 10.7. The maximum Gasteiger partial charge on any atom is 0.431 e. The maximum absolute atomic E-state index is 11.5. The molecule has 0 spiro atoms. The minimum absolute atomic E-state index is 0.252. The highest BCUT2D eigenvalue weighted by Crippen LogP contribution is 2.06. The van der Waals surface area contributed by atoms with Gasteiger partial charge in [-0.2, -0.15) is 11.0 Å². The Morgan fingerprint density at radius 3 is 1.26 bits per heavy atom. The molecule has 0 fully saturated rings. The standard InChI is InChI=1S/C20H38N4O10/c1-19(2,3)33-17(27)23-31-13-15(25)21-7-9-29-11-12-30-10-8-22-16(26)14-32-24-18(28)34-20(4,5)6/h7-14H2,1-6H3,(H,21,25)(H,22,26)(H,23,27)(H,24,28). The molecule has 0 aliphatic carbocycles. The van der Waals surface area contributed by atoms with E-state index in [4.69, 9.17) is 28.6 Å². The smallest absolute Gasteiger partial charge is 0.431 e. The molecule has 14 heteroatoms. The summed E-state index contributed by atoms with van der Waals surface area (Å²) < 4.78 is 20.5. The molecule has 14 nitrogen and oxygen atoms in total. The van der Waals surface area contributed by atoms with Crippen molar-refractivity contribution in [3.63, 3.8) is 0 Å². The van der Waals surface area contributed by atoms with E-state index in [0.29, 0.717) is 13.2 Å². The lowest BCUT2D eigenvalue weighted by atomic mass is 10.2. The Bertz CT molecular complexity index is 578. The summed E-state index contributed by atoms with van der Waals surface area (Å²) in [5.74, 6) is -0.867. The molecule has 0 bridgehead atoms. The van der Waals surface area contributed by atoms with Crippen molar-refractivity contribution in [1.82, 2.24) is 21.6 Å². The summed E-state index contributed by atoms with van der Waals surface area (Å²) in [5.41, 5.74) is 2.69. The Morgan fingerprint density at radius 2 is 0.941 bits per heavy atom. The summed E-state index contributed by atoms with van der Waals surface area (Å²) >= 11 is 0. The third kappa shape index (κ3) is 22.5. The van der Waals surface area contributed by atoms with E-state index >= 15 is 0 Å². The van der Waals surface area contributed by atoms with E-state index in [0.717, 1.165) is 0 Å². The summed E-state index contributed by atoms with van der Waals surface area (Å²) in [6.07, 6.45) is -1.57. The molecule has 34 heavy (non-hydrogen) atoms. The number of carbonyl (C=O) groups excluding carboxylic acids is 4. The van der Waals surface area contributed by atoms with Gasteiger partial charge < -0.3 is 29.6 Å². The first-order valence-corrected chi connectivity index (χ1v) is 10.7. The summed E-state index contributed by atoms with van der Waals surface area (Å²) in [7, 11) is 0. The van der Waals surface area contributed by atoms with Crippen LogP contribution in [0.15, 0.2) is 0 Å². The van der Waals surface area contributed by atoms with Gasteiger partial charge in [-0.25, -0.2) is 9.59 Å². The van der Waals surface area contributed by atoms with Gasteiger partial charge in [0.15, 0.2) is 13.2 Å². The molecule has 0 radical (unpaired) electrons. The Hall–Kier alpha value is -2.68. The topological polar surface area (TPSA) is 172 Å². The van der Waals surface area contributed by atoms with Gasteiger partial charge in [-0.3, -0.25) is 19.3 Å². The zero-order valence-electron chi connectivity index (χ0n) is 20.7. The van der Waals surface area contributed by atoms with E-state index in [9.17, 15) is 19.2 Å². The Balaban J connectivity index is 3.49. The Morgan fingerprint density at radius 1 is 0.588 bits per heavy atom. The second kappa shape index (κ2) is 16.9. The number of ether oxygens (including phenoxy) is 4. The first-order chi connectivity index (χ1) is 15.8. The normalized spacial score (nSPS) is 11.4. The second-order valence-corrected chi connectivity index (χ2v) is 8.71. The van der Waals surface area contributed by atoms with Gasteiger partial charge in [0.05, 0.1) is 26.4 Å². The number of nitrogens with one attached hydrogen (secondary N) is 4. The number of hydrogen-bond donors (Lipinski definition) is 4. The van der Waals surface area contributed by atoms with Crippen LogP contribution in [0.4, 0.5) is 9.59 Å². The lowest BCUT2D eigenvalue weighted by Gasteiger charge is -2.19. The molecule has 4 N–H and O–H groups in total. The van der Waals surface area contributed by atoms with E-state index in [1.54, 1.807) is 41.5 Å². The predicted octanol–water partition coefficient (Wildman–Crippen LogP) is 0.165. The van der Waals surface area contributed by atoms with Crippen LogP contribution < -0.4 is 21.6 Å². The van der Waals surface area contributed by atoms with Crippen LogP contribution in [0.5, 0.6) is 0 Å². The number of carbonyl (C=O) groups is 4. The van der Waals surface area contributed by atoms with Crippen LogP contribution in [-0.4, -0.2) is 87.9 Å². The van der Waals surface area contributed by atoms with Crippen molar-refractivity contribution in [3.8, 4) is 0 Å². The van der Waals surface area contributed by atoms with Crippen molar-refractivity contribution in [2.75, 3.05) is 52.7 Å². The zero-order valence-corrected chi connectivity index (χ0v) is 20.7. The number of rotatable bonds is 15. The van der Waals surface area contributed by atoms with E-state index in [1.807, 2.05) is 11.0 Å². The van der Waals surface area contributed by atoms with Gasteiger partial charge in [-0.05, 0) is 41.5 Å². The van der Waals surface area contributed by atoms with Crippen molar-refractivity contribution in [2.45, 2.75) is 52.7 Å². The minimum atomic E-state index is -0.785. The van der Waals surface area contributed by atoms with E-state index in [1.165, 1.54) is 0 Å². The van der Waals surface area contributed by atoms with Crippen molar-refractivity contribution in [2.24, 2.45) is 0 Å². The Labute approximate surface area is 199 Å². The van der Waals surface area contributed by atoms with Crippen molar-refractivity contribution < 1.29 is 47.8 Å². The van der Waals surface area contributed by atoms with Gasteiger partial charge in [0.2, 0.25) is 11.8 Å². The van der Waals surface area contributed by atoms with Gasteiger partial charge in [0.1, 0.15) is 11.2 Å². The Kier molecular flexibility index (Phi) is 15.5. The molecule has 0 aliphatic rings. The maximum atomic E-state index is 11.5. The predicted molar refractivity (Wildman–Crippen MR) is 118 cm³/mol. The zero-order chi connectivity index (χ0) is 26.0. The summed E-state index contributed by atoms with van der Waals surface area (Å²) in [4.78, 5) is 55.3. The molecular weight excluding hydrogens is 456 g/mol. The fourth-order valence-electron chi connectivity index (χ4n) is 1.87. The minimum Gasteiger partial charge on any atom is -0.442 e. The highest BCUT2D eigenvalue weighted by molar-refractivity contribution is 5.77. The molecule has 0 aromatic heterocycles. The van der Waals surface area contributed by atoms with Crippen LogP contribution in [0.1, 0.15) is 41.5 Å². The third-order valence-electron chi connectivity index (χ3n) is 3.02. The molecule has 198 valence electrons. The highest BCUT2D eigenvalue weighted by Gasteiger charge is 2.17. The van der Waals surface area contributed by atoms with Crippen molar-refractivity contribution >= 4 is 24.0 Å². The first kappa shape index (κ1) is 31.3. The summed E-state index contributed by atoms with van der Waals surface area (Å²) in [5, 5.41) is 5.10. The van der Waals surface area contributed by atoms with Crippen LogP contribution in [-0.2, 0) is 38.2 Å². The van der Waals surface area contributed by atoms with E-state index < -0.39 is 35.2 Å². The number of hydroxylamine groups is 2. The van der Waals surface area contributed by atoms with Crippen molar-refractivity contribution in [3.05, 3.63) is 0 Å². The van der Waals surface area contributed by atoms with Gasteiger partial charge in [0, 0.05) is 13.1 Å². The molecule has 0 heterocycles. The average Bonchev–Trinajstić information content (AvgIpc) is 2.66. The molecule has 0 unspecified atom stereocenters. The second-order valence-electron chi connectivity index (χ2n) is 8.71. The molecule has 0 aliphatic heterocycles. The molecule has 0 rings (SSSR count). The highest BCUT2D eigenvalue weighted by atomic mass is 16.7. The van der Waals surface area contributed by atoms with Gasteiger partial charge in [0.25, 0.3) is 0 Å². The van der Waals surface area contributed by atoms with Gasteiger partial charge in [-0.1, -0.05) is 0 Å². The summed E-state index contributed by atoms with van der Waals surface area (Å²) in [6, 6.07) is 0. The van der Waals surface area contributed by atoms with Crippen LogP contribution in [0, 0.1) is 0 Å². The molecule has 4 amide bonds. The molecule has 0 saturated heterocycles. The molecule has 0 aromatic rings. The fraction of sp³-hybridized carbons (Fsp3) is 0.800. The van der Waals surface area contributed by atoms with Crippen LogP contribution in [0.3, 0.4) is 0 Å². The van der Waals surface area contributed by atoms with Crippen LogP contribution in [0.25, 0.3) is 0 Å². The molecule has 0 atom stereocenters. The SMILES string of the molecule is CC(C)(C)OC(=O)NOCC(=O)NCCOCCOCCNC(=O)CONC(=O)OC(C)(C)C. The lowest BCUT2D eigenvalue weighted by Crippen LogP contribution is -2.37. The third-order valence-corrected chi connectivity index (χ3v) is 3.02. The molecule has 0 saturated carbocycles. The number of hydrogen-bond acceptors (Lipinski definition) is 10. The number of amides is 4. The van der Waals surface area contributed by atoms with E-state index in [-0.39, 0.29) is 39.5 Å². The molecule has 0 aromatic carbocycles. The lowest BCUT2D eigenvalue weighted by molar-refractivity contribution is -0.129. The fourth-order valence-corrected chi connectivity index (χ4v) is 1.87. The monoisotopic (exact) mass is 494 g/mol. The van der Waals surface area contributed by atoms with E-state index in [2.05, 4.69) is 10.6 Å². The summed E-state index contributed by atoms with van der Waals surface area (Å²) in [6.45, 7) is 11.1.